The van der Waals surface area contributed by atoms with Gasteiger partial charge in [0, 0.05) is 55.2 Å². The van der Waals surface area contributed by atoms with Crippen molar-refractivity contribution >= 4 is 11.0 Å². The van der Waals surface area contributed by atoms with Gasteiger partial charge in [0.15, 0.2) is 5.43 Å². The van der Waals surface area contributed by atoms with E-state index in [1.54, 1.807) is 13.0 Å². The van der Waals surface area contributed by atoms with E-state index >= 15 is 0 Å². The third kappa shape index (κ3) is 3.25. The minimum absolute atomic E-state index is 0. The molecule has 0 fully saturated rings. The van der Waals surface area contributed by atoms with Crippen molar-refractivity contribution < 1.29 is 53.6 Å². The van der Waals surface area contributed by atoms with E-state index in [0.717, 1.165) is 16.7 Å². The Morgan fingerprint density at radius 2 is 1.65 bits per heavy atom. The Morgan fingerprint density at radius 3 is 2.30 bits per heavy atom. The fourth-order valence-electron chi connectivity index (χ4n) is 2.80. The van der Waals surface area contributed by atoms with E-state index in [9.17, 15) is 9.90 Å². The van der Waals surface area contributed by atoms with Gasteiger partial charge in [-0.1, -0.05) is 18.2 Å². The first-order chi connectivity index (χ1) is 10.4. The van der Waals surface area contributed by atoms with Crippen LogP contribution < -0.4 is 5.43 Å². The summed E-state index contributed by atoms with van der Waals surface area (Å²) in [4.78, 5) is 12.7. The monoisotopic (exact) mass is 521 g/mol. The number of phenolic OH excluding ortho intramolecular Hbond substituents is 1. The molecule has 1 aromatic heterocycles. The van der Waals surface area contributed by atoms with E-state index in [2.05, 4.69) is 0 Å². The Kier molecular flexibility index (Phi) is 5.38. The van der Waals surface area contributed by atoms with Crippen molar-refractivity contribution in [3.05, 3.63) is 62.8 Å². The molecule has 0 unspecified atom stereocenters. The van der Waals surface area contributed by atoms with Crippen molar-refractivity contribution in [1.82, 2.24) is 0 Å². The number of hydrogen-bond donors (Lipinski definition) is 1. The topological polar surface area (TPSA) is 50.4 Å². The second kappa shape index (κ2) is 6.79. The molecular weight excluding hydrogens is 503 g/mol. The summed E-state index contributed by atoms with van der Waals surface area (Å²) in [6.45, 7) is 7.48. The molecule has 3 nitrogen and oxygen atoms in total. The molecule has 1 heterocycles. The summed E-state index contributed by atoms with van der Waals surface area (Å²) in [6.07, 6.45) is 0. The summed E-state index contributed by atoms with van der Waals surface area (Å²) in [5.41, 5.74) is 4.59. The van der Waals surface area contributed by atoms with Gasteiger partial charge in [0.1, 0.15) is 17.1 Å². The zero-order valence-electron chi connectivity index (χ0n) is 13.7. The van der Waals surface area contributed by atoms with Crippen LogP contribution in [0.15, 0.2) is 39.5 Å². The third-order valence-electron chi connectivity index (χ3n) is 4.04. The third-order valence-corrected chi connectivity index (χ3v) is 4.04. The Bertz CT molecular complexity index is 955. The number of aromatic hydroxyl groups is 1. The second-order valence-electron chi connectivity index (χ2n) is 5.84. The second-order valence-corrected chi connectivity index (χ2v) is 5.84. The van der Waals surface area contributed by atoms with Crippen LogP contribution in [0.2, 0.25) is 0 Å². The van der Waals surface area contributed by atoms with Crippen molar-refractivity contribution in [2.45, 2.75) is 27.7 Å². The van der Waals surface area contributed by atoms with Gasteiger partial charge in [0.05, 0.1) is 5.39 Å². The van der Waals surface area contributed by atoms with Crippen LogP contribution in [-0.4, -0.2) is 5.11 Å². The molecule has 0 spiro atoms. The van der Waals surface area contributed by atoms with Crippen molar-refractivity contribution in [2.75, 3.05) is 0 Å². The summed E-state index contributed by atoms with van der Waals surface area (Å²) >= 11 is 0. The quantitative estimate of drug-likeness (QED) is 0.517. The molecule has 0 amide bonds. The Labute approximate surface area is 170 Å². The van der Waals surface area contributed by atoms with Gasteiger partial charge >= 0.3 is 0 Å². The maximum atomic E-state index is 12.7. The summed E-state index contributed by atoms with van der Waals surface area (Å²) in [7, 11) is 0. The van der Waals surface area contributed by atoms with Crippen LogP contribution in [0.5, 0.6) is 5.75 Å². The van der Waals surface area contributed by atoms with Crippen LogP contribution in [0.1, 0.15) is 22.3 Å². The van der Waals surface area contributed by atoms with Crippen LogP contribution in [0.3, 0.4) is 0 Å². The predicted octanol–water partition coefficient (Wildman–Crippen LogP) is 4.40. The average molecular weight is 521 g/mol. The van der Waals surface area contributed by atoms with Crippen LogP contribution in [-0.2, 0) is 0 Å². The SMILES string of the molecule is Cc1cc(C)c2c(=O)c(C)c(-c3ccc(C)c(O)c3)oc2c1.[Ac]. The number of fused-ring (bicyclic) bond motifs is 1. The molecule has 0 aliphatic rings. The minimum Gasteiger partial charge on any atom is -0.508 e. The van der Waals surface area contributed by atoms with Gasteiger partial charge in [-0.3, -0.25) is 4.79 Å². The normalized spacial score (nSPS) is 10.6. The van der Waals surface area contributed by atoms with Gasteiger partial charge in [-0.15, -0.1) is 0 Å². The number of rotatable bonds is 1. The van der Waals surface area contributed by atoms with Gasteiger partial charge in [-0.25, -0.2) is 0 Å². The van der Waals surface area contributed by atoms with Crippen LogP contribution in [0.4, 0.5) is 0 Å². The molecule has 3 aromatic rings. The number of aryl methyl sites for hydroxylation is 3. The molecule has 2 aromatic carbocycles. The summed E-state index contributed by atoms with van der Waals surface area (Å²) in [6, 6.07) is 9.16. The largest absolute Gasteiger partial charge is 0.508 e. The number of phenols is 1. The smallest absolute Gasteiger partial charge is 0.196 e. The molecule has 23 heavy (non-hydrogen) atoms. The zero-order chi connectivity index (χ0) is 16.0. The van der Waals surface area contributed by atoms with Gasteiger partial charge in [0.25, 0.3) is 0 Å². The molecule has 0 bridgehead atoms. The molecule has 1 N–H and O–H groups in total. The Balaban J connectivity index is 0.00000192. The number of hydrogen-bond acceptors (Lipinski definition) is 3. The molecular formula is C19H18AcO3. The van der Waals surface area contributed by atoms with E-state index in [1.165, 1.54) is 0 Å². The van der Waals surface area contributed by atoms with Crippen LogP contribution in [0, 0.1) is 71.8 Å². The molecule has 115 valence electrons. The fourth-order valence-corrected chi connectivity index (χ4v) is 2.80. The van der Waals surface area contributed by atoms with E-state index in [0.29, 0.717) is 27.9 Å². The molecule has 0 atom stereocenters. The maximum absolute atomic E-state index is 12.7. The first-order valence-electron chi connectivity index (χ1n) is 7.23. The first kappa shape index (κ1) is 18.2. The van der Waals surface area contributed by atoms with E-state index in [1.807, 2.05) is 45.0 Å². The molecule has 0 saturated carbocycles. The van der Waals surface area contributed by atoms with Crippen LogP contribution >= 0.6 is 0 Å². The van der Waals surface area contributed by atoms with Crippen molar-refractivity contribution in [3.8, 4) is 17.1 Å². The molecule has 4 heteroatoms. The van der Waals surface area contributed by atoms with Crippen molar-refractivity contribution in [1.29, 1.82) is 0 Å². The Hall–Kier alpha value is -1.11. The standard InChI is InChI=1S/C19H18O3.Ac/c1-10-7-12(3)17-16(8-10)22-19(13(4)18(17)21)14-6-5-11(2)15(20)9-14;/h5-9,20H,1-4H3;. The average Bonchev–Trinajstić information content (AvgIpc) is 2.45. The summed E-state index contributed by atoms with van der Waals surface area (Å²) in [5.74, 6) is 0.706. The summed E-state index contributed by atoms with van der Waals surface area (Å²) in [5, 5.41) is 10.5. The molecule has 3 rings (SSSR count). The maximum Gasteiger partial charge on any atom is 0.196 e. The van der Waals surface area contributed by atoms with Gasteiger partial charge in [-0.05, 0) is 56.5 Å². The Morgan fingerprint density at radius 1 is 0.957 bits per heavy atom. The molecule has 0 aliphatic carbocycles. The predicted molar refractivity (Wildman–Crippen MR) is 88.5 cm³/mol. The minimum atomic E-state index is -0.0196. The summed E-state index contributed by atoms with van der Waals surface area (Å²) < 4.78 is 6.00. The van der Waals surface area contributed by atoms with Crippen LogP contribution in [0.25, 0.3) is 22.3 Å². The molecule has 0 saturated heterocycles. The van der Waals surface area contributed by atoms with Crippen molar-refractivity contribution in [2.24, 2.45) is 0 Å². The first-order valence-corrected chi connectivity index (χ1v) is 7.23. The number of benzene rings is 2. The van der Waals surface area contributed by atoms with Gasteiger partial charge in [-0.2, -0.15) is 0 Å². The zero-order valence-corrected chi connectivity index (χ0v) is 18.5. The molecule has 0 aliphatic heterocycles. The van der Waals surface area contributed by atoms with E-state index in [4.69, 9.17) is 4.42 Å². The van der Waals surface area contributed by atoms with Gasteiger partial charge < -0.3 is 9.52 Å². The van der Waals surface area contributed by atoms with E-state index in [-0.39, 0.29) is 55.2 Å². The van der Waals surface area contributed by atoms with Gasteiger partial charge in [0.2, 0.25) is 0 Å². The van der Waals surface area contributed by atoms with E-state index < -0.39 is 0 Å². The van der Waals surface area contributed by atoms with Crippen molar-refractivity contribution in [3.63, 3.8) is 0 Å². The molecule has 1 radical (unpaired) electrons. The fraction of sp³-hybridized carbons (Fsp3) is 0.211.